The molecule has 0 spiro atoms. The minimum absolute atomic E-state index is 0. The van der Waals surface area contributed by atoms with Crippen molar-refractivity contribution in [1.82, 2.24) is 5.16 Å². The van der Waals surface area contributed by atoms with Crippen molar-refractivity contribution in [3.63, 3.8) is 0 Å². The van der Waals surface area contributed by atoms with E-state index in [2.05, 4.69) is 69.2 Å². The fraction of sp³-hybridized carbons (Fsp3) is 0.463. The molecule has 0 radical (unpaired) electrons. The van der Waals surface area contributed by atoms with Crippen molar-refractivity contribution in [2.75, 3.05) is 13.7 Å². The van der Waals surface area contributed by atoms with E-state index >= 15 is 0 Å². The second-order valence-corrected chi connectivity index (χ2v) is 20.8. The minimum Gasteiger partial charge on any atom is -0.497 e. The number of rotatable bonds is 27. The van der Waals surface area contributed by atoms with Crippen LogP contribution in [0, 0.1) is 29.6 Å². The Balaban J connectivity index is 0.000000297. The van der Waals surface area contributed by atoms with Crippen LogP contribution in [0.15, 0.2) is 132 Å². The third kappa shape index (κ3) is 21.4. The topological polar surface area (TPSA) is 95.7 Å². The maximum absolute atomic E-state index is 12.1. The zero-order valence-corrected chi connectivity index (χ0v) is 46.3. The van der Waals surface area contributed by atoms with E-state index in [1.54, 1.807) is 7.11 Å². The molecule has 2 unspecified atom stereocenters. The van der Waals surface area contributed by atoms with Crippen LogP contribution < -0.4 is 9.47 Å². The first-order chi connectivity index (χ1) is 35.1. The summed E-state index contributed by atoms with van der Waals surface area (Å²) < 4.78 is 16.4. The van der Waals surface area contributed by atoms with Gasteiger partial charge in [0.05, 0.1) is 13.7 Å². The van der Waals surface area contributed by atoms with Crippen molar-refractivity contribution in [2.24, 2.45) is 29.6 Å². The van der Waals surface area contributed by atoms with Gasteiger partial charge in [-0.05, 0) is 89.8 Å². The summed E-state index contributed by atoms with van der Waals surface area (Å²) in [5.74, 6) is 5.20. The molecule has 7 heteroatoms. The quantitative estimate of drug-likeness (QED) is 0.0375. The summed E-state index contributed by atoms with van der Waals surface area (Å²) in [4.78, 5) is 35.6. The number of carbonyl (C=O) groups is 3. The van der Waals surface area contributed by atoms with E-state index in [4.69, 9.17) is 14.0 Å². The maximum Gasteiger partial charge on any atom is 0.167 e. The number of hydrogen-bond donors (Lipinski definition) is 0. The first kappa shape index (κ1) is 62.2. The summed E-state index contributed by atoms with van der Waals surface area (Å²) >= 11 is 0. The lowest BCUT2D eigenvalue weighted by Gasteiger charge is -2.15. The Bertz CT molecular complexity index is 2480. The van der Waals surface area contributed by atoms with Crippen molar-refractivity contribution < 1.29 is 28.4 Å². The van der Waals surface area contributed by atoms with Gasteiger partial charge in [0.1, 0.15) is 23.0 Å². The van der Waals surface area contributed by atoms with Crippen LogP contribution in [0.5, 0.6) is 11.5 Å². The van der Waals surface area contributed by atoms with Crippen LogP contribution in [0.2, 0.25) is 0 Å². The Morgan fingerprint density at radius 2 is 0.946 bits per heavy atom. The van der Waals surface area contributed by atoms with E-state index in [0.29, 0.717) is 17.1 Å². The van der Waals surface area contributed by atoms with Crippen molar-refractivity contribution in [3.8, 4) is 56.3 Å². The van der Waals surface area contributed by atoms with Gasteiger partial charge in [0.2, 0.25) is 0 Å². The lowest BCUT2D eigenvalue weighted by Crippen LogP contribution is -2.06. The summed E-state index contributed by atoms with van der Waals surface area (Å²) in [5, 5.41) is 4.12. The third-order valence-corrected chi connectivity index (χ3v) is 13.5. The average Bonchev–Trinajstić information content (AvgIpc) is 3.91. The Hall–Kier alpha value is -6.08. The van der Waals surface area contributed by atoms with Crippen LogP contribution in [0.1, 0.15) is 181 Å². The number of Topliss-reactive ketones (excluding diaryl/α,β-unsaturated/α-hetero) is 3. The molecule has 0 saturated heterocycles. The molecule has 6 aromatic rings. The fourth-order valence-corrected chi connectivity index (χ4v) is 8.50. The van der Waals surface area contributed by atoms with Gasteiger partial charge in [-0.1, -0.05) is 225 Å². The molecular formula is C67H91NO6. The number of methoxy groups -OCH3 is 1. The summed E-state index contributed by atoms with van der Waals surface area (Å²) in [6, 6.07) is 41.7. The summed E-state index contributed by atoms with van der Waals surface area (Å²) in [6.45, 7) is 21.7. The highest BCUT2D eigenvalue weighted by atomic mass is 16.5. The zero-order valence-electron chi connectivity index (χ0n) is 46.3. The Labute approximate surface area is 447 Å². The van der Waals surface area contributed by atoms with Gasteiger partial charge in [0.25, 0.3) is 0 Å². The largest absolute Gasteiger partial charge is 0.497 e. The highest BCUT2D eigenvalue weighted by molar-refractivity contribution is 5.98. The fourth-order valence-electron chi connectivity index (χ4n) is 8.50. The first-order valence-electron chi connectivity index (χ1n) is 27.4. The van der Waals surface area contributed by atoms with Gasteiger partial charge < -0.3 is 14.0 Å². The van der Waals surface area contributed by atoms with Crippen LogP contribution in [0.3, 0.4) is 0 Å². The average molecular weight is 1010 g/mol. The molecule has 0 aliphatic carbocycles. The highest BCUT2D eigenvalue weighted by Crippen LogP contribution is 2.30. The van der Waals surface area contributed by atoms with Gasteiger partial charge in [0, 0.05) is 52.5 Å². The monoisotopic (exact) mass is 1010 g/mol. The molecule has 6 rings (SSSR count). The molecule has 0 aliphatic rings. The van der Waals surface area contributed by atoms with Crippen molar-refractivity contribution >= 4 is 17.3 Å². The second kappa shape index (κ2) is 33.7. The number of benzene rings is 5. The van der Waals surface area contributed by atoms with Gasteiger partial charge in [-0.3, -0.25) is 14.4 Å². The molecule has 74 heavy (non-hydrogen) atoms. The smallest absolute Gasteiger partial charge is 0.167 e. The van der Waals surface area contributed by atoms with Crippen molar-refractivity contribution in [3.05, 3.63) is 139 Å². The second-order valence-electron chi connectivity index (χ2n) is 20.8. The molecule has 0 N–H and O–H groups in total. The molecule has 1 aromatic heterocycles. The van der Waals surface area contributed by atoms with E-state index in [9.17, 15) is 14.4 Å². The van der Waals surface area contributed by atoms with Gasteiger partial charge >= 0.3 is 0 Å². The van der Waals surface area contributed by atoms with E-state index in [-0.39, 0.29) is 36.7 Å². The molecular weight excluding hydrogens is 915 g/mol. The summed E-state index contributed by atoms with van der Waals surface area (Å²) in [6.07, 6.45) is 16.2. The van der Waals surface area contributed by atoms with Crippen molar-refractivity contribution in [1.29, 1.82) is 0 Å². The molecule has 0 amide bonds. The molecule has 0 saturated carbocycles. The predicted octanol–water partition coefficient (Wildman–Crippen LogP) is 19.3. The molecule has 1 heterocycles. The van der Waals surface area contributed by atoms with Crippen LogP contribution in [-0.4, -0.2) is 36.2 Å². The third-order valence-electron chi connectivity index (χ3n) is 13.5. The molecule has 0 fully saturated rings. The first-order valence-corrected chi connectivity index (χ1v) is 27.4. The SMILES string of the molecule is C.CCC(C)CC(C)CCCCCCCCC(=O)C(C)C.CCCCCOc1ccc(-c2ccc(-c3ccc(C(=O)C(C)C)cc3)cc2)cc1.COc1ccc(-c2cc(-c3ccc(C(=O)C(C)C)cc3)no2)cc1. The molecule has 2 atom stereocenters. The standard InChI is InChI=1S/C27H30O2.C20H19NO3.C19H38O.CH4/c1-4-5-6-19-29-26-17-15-24(16-18-26)22-9-7-21(8-10-22)23-11-13-25(14-12-23)27(28)20(2)3;1-13(2)20(22)16-6-4-14(5-7-16)18-12-19(24-21-18)15-8-10-17(23-3)11-9-15;1-6-17(4)15-18(5)13-11-9-7-8-10-12-14-19(20)16(2)3;/h7-18,20H,4-6,19H2,1-3H3;4-13H,1-3H3;16-18H,6-15H2,1-5H3;1H4. The number of hydrogen-bond acceptors (Lipinski definition) is 7. The van der Waals surface area contributed by atoms with Crippen LogP contribution in [0.25, 0.3) is 44.8 Å². The number of nitrogens with zero attached hydrogens (tertiary/aromatic N) is 1. The van der Waals surface area contributed by atoms with Crippen molar-refractivity contribution in [2.45, 2.75) is 160 Å². The zero-order chi connectivity index (χ0) is 53.1. The van der Waals surface area contributed by atoms with E-state index in [0.717, 1.165) is 82.7 Å². The number of ether oxygens (including phenoxy) is 2. The van der Waals surface area contributed by atoms with E-state index in [1.807, 2.05) is 133 Å². The Morgan fingerprint density at radius 1 is 0.500 bits per heavy atom. The molecule has 7 nitrogen and oxygen atoms in total. The van der Waals surface area contributed by atoms with Gasteiger partial charge in [-0.2, -0.15) is 0 Å². The number of unbranched alkanes of at least 4 members (excludes halogenated alkanes) is 7. The molecule has 0 aliphatic heterocycles. The van der Waals surface area contributed by atoms with Crippen LogP contribution in [-0.2, 0) is 4.79 Å². The van der Waals surface area contributed by atoms with Crippen LogP contribution in [0.4, 0.5) is 0 Å². The lowest BCUT2D eigenvalue weighted by molar-refractivity contribution is -0.122. The molecule has 5 aromatic carbocycles. The number of aromatic nitrogens is 1. The predicted molar refractivity (Wildman–Crippen MR) is 311 cm³/mol. The Kier molecular flexibility index (Phi) is 28.3. The maximum atomic E-state index is 12.1. The van der Waals surface area contributed by atoms with Gasteiger partial charge in [-0.15, -0.1) is 0 Å². The normalized spacial score (nSPS) is 11.7. The molecule has 400 valence electrons. The van der Waals surface area contributed by atoms with E-state index in [1.165, 1.54) is 75.3 Å². The van der Waals surface area contributed by atoms with E-state index < -0.39 is 0 Å². The summed E-state index contributed by atoms with van der Waals surface area (Å²) in [5.41, 5.74) is 8.70. The molecule has 0 bridgehead atoms. The number of ketones is 3. The van der Waals surface area contributed by atoms with Gasteiger partial charge in [0.15, 0.2) is 17.3 Å². The highest BCUT2D eigenvalue weighted by Gasteiger charge is 2.14. The lowest BCUT2D eigenvalue weighted by atomic mass is 9.91. The van der Waals surface area contributed by atoms with Crippen LogP contribution >= 0.6 is 0 Å². The minimum atomic E-state index is -0.00965. The van der Waals surface area contributed by atoms with Gasteiger partial charge in [-0.25, -0.2) is 0 Å². The number of carbonyl (C=O) groups excluding carboxylic acids is 3. The Morgan fingerprint density at radius 3 is 1.42 bits per heavy atom. The summed E-state index contributed by atoms with van der Waals surface area (Å²) in [7, 11) is 1.63.